The van der Waals surface area contributed by atoms with Gasteiger partial charge in [-0.1, -0.05) is 18.3 Å². The fourth-order valence-electron chi connectivity index (χ4n) is 1.25. The summed E-state index contributed by atoms with van der Waals surface area (Å²) in [4.78, 5) is 22.5. The molecule has 0 saturated heterocycles. The minimum atomic E-state index is -0.426. The van der Waals surface area contributed by atoms with Crippen LogP contribution in [-0.2, 0) is 6.42 Å². The van der Waals surface area contributed by atoms with E-state index in [0.29, 0.717) is 5.13 Å². The summed E-state index contributed by atoms with van der Waals surface area (Å²) in [6.07, 6.45) is 1.81. The molecule has 0 aliphatic carbocycles. The van der Waals surface area contributed by atoms with Crippen LogP contribution >= 0.6 is 11.3 Å². The third-order valence-corrected chi connectivity index (χ3v) is 2.96. The Morgan fingerprint density at radius 3 is 2.94 bits per heavy atom. The van der Waals surface area contributed by atoms with E-state index in [-0.39, 0.29) is 11.3 Å². The molecule has 18 heavy (non-hydrogen) atoms. The van der Waals surface area contributed by atoms with Gasteiger partial charge in [-0.3, -0.25) is 14.9 Å². The molecular formula is C10H11N5O2S. The number of aromatic amines is 1. The highest BCUT2D eigenvalue weighted by molar-refractivity contribution is 7.15. The molecule has 0 aromatic carbocycles. The van der Waals surface area contributed by atoms with Crippen molar-refractivity contribution in [3.8, 4) is 0 Å². The molecule has 2 N–H and O–H groups in total. The zero-order valence-corrected chi connectivity index (χ0v) is 10.5. The van der Waals surface area contributed by atoms with E-state index in [1.807, 2.05) is 6.92 Å². The monoisotopic (exact) mass is 265 g/mol. The largest absolute Gasteiger partial charge is 0.295 e. The molecule has 94 valence electrons. The Bertz CT molecular complexity index is 586. The van der Waals surface area contributed by atoms with Crippen molar-refractivity contribution in [3.63, 3.8) is 0 Å². The first-order chi connectivity index (χ1) is 8.69. The predicted molar refractivity (Wildman–Crippen MR) is 66.7 cm³/mol. The molecule has 2 rings (SSSR count). The van der Waals surface area contributed by atoms with Crippen molar-refractivity contribution in [2.45, 2.75) is 19.8 Å². The fourth-order valence-corrected chi connectivity index (χ4v) is 2.09. The molecule has 0 saturated carbocycles. The fraction of sp³-hybridized carbons (Fsp3) is 0.300. The molecule has 0 unspecified atom stereocenters. The maximum atomic E-state index is 11.7. The van der Waals surface area contributed by atoms with Crippen LogP contribution < -0.4 is 10.9 Å². The molecule has 0 atom stereocenters. The molecule has 7 nitrogen and oxygen atoms in total. The van der Waals surface area contributed by atoms with Gasteiger partial charge in [0.25, 0.3) is 11.5 Å². The third-order valence-electron chi connectivity index (χ3n) is 2.06. The number of aromatic nitrogens is 4. The summed E-state index contributed by atoms with van der Waals surface area (Å²) in [6.45, 7) is 2.05. The van der Waals surface area contributed by atoms with Gasteiger partial charge in [0.15, 0.2) is 0 Å². The Kier molecular flexibility index (Phi) is 3.78. The number of hydrogen-bond acceptors (Lipinski definition) is 6. The topological polar surface area (TPSA) is 101 Å². The Morgan fingerprint density at radius 1 is 1.44 bits per heavy atom. The van der Waals surface area contributed by atoms with Gasteiger partial charge in [0.2, 0.25) is 5.13 Å². The molecule has 0 radical (unpaired) electrons. The number of aryl methyl sites for hydroxylation is 1. The number of anilines is 1. The number of carbonyl (C=O) groups excluding carboxylic acids is 1. The summed E-state index contributed by atoms with van der Waals surface area (Å²) in [7, 11) is 0. The van der Waals surface area contributed by atoms with E-state index in [9.17, 15) is 9.59 Å². The van der Waals surface area contributed by atoms with Crippen molar-refractivity contribution in [2.75, 3.05) is 5.32 Å². The molecule has 8 heteroatoms. The molecule has 1 amide bonds. The number of hydrogen-bond donors (Lipinski definition) is 2. The molecule has 0 aliphatic heterocycles. The van der Waals surface area contributed by atoms with E-state index in [2.05, 4.69) is 25.7 Å². The van der Waals surface area contributed by atoms with Crippen LogP contribution in [0, 0.1) is 0 Å². The summed E-state index contributed by atoms with van der Waals surface area (Å²) in [5.74, 6) is -0.426. The molecule has 2 heterocycles. The second-order valence-corrected chi connectivity index (χ2v) is 4.57. The Labute approximate surface area is 106 Å². The molecule has 2 aromatic rings. The third kappa shape index (κ3) is 2.98. The first-order valence-corrected chi connectivity index (χ1v) is 6.20. The van der Waals surface area contributed by atoms with E-state index in [1.165, 1.54) is 23.5 Å². The lowest BCUT2D eigenvalue weighted by Crippen LogP contribution is -2.17. The summed E-state index contributed by atoms with van der Waals surface area (Å²) in [5.41, 5.74) is -0.227. The average molecular weight is 265 g/mol. The molecule has 0 fully saturated rings. The second kappa shape index (κ2) is 5.50. The normalized spacial score (nSPS) is 10.3. The quantitative estimate of drug-likeness (QED) is 0.852. The molecule has 0 bridgehead atoms. The molecular weight excluding hydrogens is 254 g/mol. The van der Waals surface area contributed by atoms with Gasteiger partial charge < -0.3 is 0 Å². The minimum absolute atomic E-state index is 0.127. The van der Waals surface area contributed by atoms with Gasteiger partial charge in [-0.05, 0) is 12.5 Å². The van der Waals surface area contributed by atoms with Gasteiger partial charge in [-0.15, -0.1) is 10.2 Å². The van der Waals surface area contributed by atoms with Crippen LogP contribution in [0.1, 0.15) is 28.8 Å². The molecule has 2 aromatic heterocycles. The zero-order chi connectivity index (χ0) is 13.0. The first kappa shape index (κ1) is 12.4. The summed E-state index contributed by atoms with van der Waals surface area (Å²) >= 11 is 1.33. The van der Waals surface area contributed by atoms with E-state index >= 15 is 0 Å². The molecule has 0 spiro atoms. The van der Waals surface area contributed by atoms with E-state index in [4.69, 9.17) is 0 Å². The average Bonchev–Trinajstić information content (AvgIpc) is 2.78. The van der Waals surface area contributed by atoms with Gasteiger partial charge in [0.05, 0.1) is 0 Å². The van der Waals surface area contributed by atoms with Gasteiger partial charge in [-0.2, -0.15) is 5.10 Å². The highest BCUT2D eigenvalue weighted by Crippen LogP contribution is 2.16. The van der Waals surface area contributed by atoms with Crippen molar-refractivity contribution in [1.82, 2.24) is 20.4 Å². The van der Waals surface area contributed by atoms with E-state index in [1.54, 1.807) is 0 Å². The van der Waals surface area contributed by atoms with Crippen LogP contribution in [0.25, 0.3) is 0 Å². The van der Waals surface area contributed by atoms with Crippen LogP contribution in [0.15, 0.2) is 16.9 Å². The second-order valence-electron chi connectivity index (χ2n) is 3.51. The molecule has 0 aliphatic rings. The van der Waals surface area contributed by atoms with Crippen molar-refractivity contribution < 1.29 is 4.79 Å². The highest BCUT2D eigenvalue weighted by atomic mass is 32.1. The van der Waals surface area contributed by atoms with Crippen LogP contribution in [0.3, 0.4) is 0 Å². The first-order valence-electron chi connectivity index (χ1n) is 5.38. The lowest BCUT2D eigenvalue weighted by molar-refractivity contribution is 0.102. The van der Waals surface area contributed by atoms with Crippen molar-refractivity contribution in [1.29, 1.82) is 0 Å². The maximum absolute atomic E-state index is 11.7. The number of carbonyl (C=O) groups is 1. The van der Waals surface area contributed by atoms with Gasteiger partial charge in [0.1, 0.15) is 10.7 Å². The van der Waals surface area contributed by atoms with E-state index < -0.39 is 5.91 Å². The predicted octanol–water partition coefficient (Wildman–Crippen LogP) is 0.826. The zero-order valence-electron chi connectivity index (χ0n) is 9.64. The standard InChI is InChI=1S/C10H11N5O2S/c1-2-3-8-14-15-10(18-8)11-9(17)6-4-5-7(16)13-12-6/h4-5H,2-3H2,1H3,(H,13,16)(H,11,15,17). The lowest BCUT2D eigenvalue weighted by atomic mass is 10.4. The van der Waals surface area contributed by atoms with Gasteiger partial charge in [-0.25, -0.2) is 5.10 Å². The SMILES string of the molecule is CCCc1nnc(NC(=O)c2ccc(=O)[nH]n2)s1. The van der Waals surface area contributed by atoms with Crippen LogP contribution in [0.2, 0.25) is 0 Å². The Balaban J connectivity index is 2.06. The van der Waals surface area contributed by atoms with Crippen molar-refractivity contribution in [2.24, 2.45) is 0 Å². The lowest BCUT2D eigenvalue weighted by Gasteiger charge is -1.98. The van der Waals surface area contributed by atoms with E-state index in [0.717, 1.165) is 17.8 Å². The number of rotatable bonds is 4. The number of nitrogens with zero attached hydrogens (tertiary/aromatic N) is 3. The van der Waals surface area contributed by atoms with Gasteiger partial charge in [0, 0.05) is 12.5 Å². The number of H-pyrrole nitrogens is 1. The van der Waals surface area contributed by atoms with Crippen molar-refractivity contribution >= 4 is 22.4 Å². The number of amides is 1. The van der Waals surface area contributed by atoms with Crippen LogP contribution in [-0.4, -0.2) is 26.3 Å². The van der Waals surface area contributed by atoms with Crippen LogP contribution in [0.4, 0.5) is 5.13 Å². The number of nitrogens with one attached hydrogen (secondary N) is 2. The highest BCUT2D eigenvalue weighted by Gasteiger charge is 2.11. The minimum Gasteiger partial charge on any atom is -0.295 e. The van der Waals surface area contributed by atoms with Crippen molar-refractivity contribution in [3.05, 3.63) is 33.2 Å². The smallest absolute Gasteiger partial charge is 0.277 e. The van der Waals surface area contributed by atoms with Gasteiger partial charge >= 0.3 is 0 Å². The summed E-state index contributed by atoms with van der Waals surface area (Å²) in [5, 5.41) is 17.5. The Hall–Kier alpha value is -2.09. The maximum Gasteiger partial charge on any atom is 0.277 e. The van der Waals surface area contributed by atoms with Crippen LogP contribution in [0.5, 0.6) is 0 Å². The Morgan fingerprint density at radius 2 is 2.28 bits per heavy atom. The summed E-state index contributed by atoms with van der Waals surface area (Å²) < 4.78 is 0. The summed E-state index contributed by atoms with van der Waals surface area (Å²) in [6, 6.07) is 2.59.